The molecular weight excluding hydrogens is 396 g/mol. The smallest absolute Gasteiger partial charge is 0.251 e. The summed E-state index contributed by atoms with van der Waals surface area (Å²) >= 11 is 6.16. The van der Waals surface area contributed by atoms with E-state index >= 15 is 0 Å². The van der Waals surface area contributed by atoms with Crippen molar-refractivity contribution in [2.75, 3.05) is 13.1 Å². The molecule has 150 valence electrons. The van der Waals surface area contributed by atoms with Crippen molar-refractivity contribution in [1.29, 1.82) is 0 Å². The van der Waals surface area contributed by atoms with Crippen molar-refractivity contribution < 1.29 is 13.2 Å². The fourth-order valence-electron chi connectivity index (χ4n) is 3.69. The zero-order chi connectivity index (χ0) is 20.3. The number of halogens is 1. The lowest BCUT2D eigenvalue weighted by molar-refractivity contribution is 0.0932. The van der Waals surface area contributed by atoms with Crippen LogP contribution < -0.4 is 5.32 Å². The summed E-state index contributed by atoms with van der Waals surface area (Å²) in [6, 6.07) is 12.4. The fraction of sp³-hybridized carbons (Fsp3) is 0.381. The molecule has 0 unspecified atom stereocenters. The lowest BCUT2D eigenvalue weighted by Gasteiger charge is -2.26. The Morgan fingerprint density at radius 2 is 1.89 bits per heavy atom. The summed E-state index contributed by atoms with van der Waals surface area (Å²) in [5, 5.41) is 3.17. The second-order valence-corrected chi connectivity index (χ2v) is 9.17. The van der Waals surface area contributed by atoms with Gasteiger partial charge in [-0.25, -0.2) is 8.42 Å². The van der Waals surface area contributed by atoms with E-state index < -0.39 is 10.0 Å². The predicted molar refractivity (Wildman–Crippen MR) is 111 cm³/mol. The van der Waals surface area contributed by atoms with E-state index in [0.717, 1.165) is 24.8 Å². The zero-order valence-corrected chi connectivity index (χ0v) is 17.7. The molecule has 1 aliphatic carbocycles. The van der Waals surface area contributed by atoms with Gasteiger partial charge in [0.2, 0.25) is 10.0 Å². The Labute approximate surface area is 171 Å². The average Bonchev–Trinajstić information content (AvgIpc) is 2.69. The molecule has 0 saturated carbocycles. The highest BCUT2D eigenvalue weighted by Crippen LogP contribution is 2.30. The van der Waals surface area contributed by atoms with Crippen molar-refractivity contribution in [3.05, 3.63) is 64.2 Å². The third kappa shape index (κ3) is 4.09. The highest BCUT2D eigenvalue weighted by atomic mass is 35.5. The van der Waals surface area contributed by atoms with Crippen LogP contribution in [0.5, 0.6) is 0 Å². The summed E-state index contributed by atoms with van der Waals surface area (Å²) < 4.78 is 27.0. The van der Waals surface area contributed by atoms with Gasteiger partial charge in [0.25, 0.3) is 5.91 Å². The Hall–Kier alpha value is -1.89. The number of sulfonamides is 1. The number of carbonyl (C=O) groups excluding carboxylic acids is 1. The second kappa shape index (κ2) is 8.64. The minimum atomic E-state index is -3.75. The van der Waals surface area contributed by atoms with Crippen molar-refractivity contribution in [3.63, 3.8) is 0 Å². The van der Waals surface area contributed by atoms with Crippen LogP contribution in [0.1, 0.15) is 54.2 Å². The molecule has 1 aliphatic rings. The van der Waals surface area contributed by atoms with Gasteiger partial charge >= 0.3 is 0 Å². The molecule has 0 aliphatic heterocycles. The number of fused-ring (bicyclic) bond motifs is 1. The zero-order valence-electron chi connectivity index (χ0n) is 16.1. The van der Waals surface area contributed by atoms with Crippen LogP contribution in [0, 0.1) is 0 Å². The number of rotatable bonds is 6. The molecule has 1 amide bonds. The Morgan fingerprint density at radius 1 is 1.18 bits per heavy atom. The summed E-state index contributed by atoms with van der Waals surface area (Å²) in [6.07, 6.45) is 2.88. The van der Waals surface area contributed by atoms with Crippen LogP contribution in [0.25, 0.3) is 0 Å². The van der Waals surface area contributed by atoms with Crippen molar-refractivity contribution >= 4 is 27.5 Å². The first kappa shape index (κ1) is 20.8. The standard InChI is InChI=1S/C21H25ClN2O3S/c1-3-24(4-2)28(26,27)20-14-16(12-13-18(20)22)21(25)23-19-11-7-9-15-8-5-6-10-17(15)19/h5-6,8,10,12-14,19H,3-4,7,9,11H2,1-2H3,(H,23,25)/t19-/m0/s1. The topological polar surface area (TPSA) is 66.5 Å². The van der Waals surface area contributed by atoms with Gasteiger partial charge in [-0.05, 0) is 48.6 Å². The maximum atomic E-state index is 12.9. The molecule has 0 heterocycles. The first-order valence-corrected chi connectivity index (χ1v) is 11.4. The molecule has 0 saturated heterocycles. The van der Waals surface area contributed by atoms with E-state index in [-0.39, 0.29) is 27.4 Å². The van der Waals surface area contributed by atoms with Crippen LogP contribution in [-0.4, -0.2) is 31.7 Å². The quantitative estimate of drug-likeness (QED) is 0.762. The van der Waals surface area contributed by atoms with Gasteiger partial charge in [-0.3, -0.25) is 4.79 Å². The van der Waals surface area contributed by atoms with Crippen LogP contribution in [-0.2, 0) is 16.4 Å². The fourth-order valence-corrected chi connectivity index (χ4v) is 5.65. The minimum absolute atomic E-state index is 0.0328. The number of amides is 1. The van der Waals surface area contributed by atoms with E-state index in [9.17, 15) is 13.2 Å². The molecule has 5 nitrogen and oxygen atoms in total. The molecule has 7 heteroatoms. The van der Waals surface area contributed by atoms with Crippen LogP contribution in [0.4, 0.5) is 0 Å². The van der Waals surface area contributed by atoms with Gasteiger partial charge in [0, 0.05) is 18.7 Å². The van der Waals surface area contributed by atoms with Gasteiger partial charge in [-0.1, -0.05) is 49.7 Å². The number of nitrogens with one attached hydrogen (secondary N) is 1. The highest BCUT2D eigenvalue weighted by Gasteiger charge is 2.27. The maximum absolute atomic E-state index is 12.9. The van der Waals surface area contributed by atoms with Gasteiger partial charge in [0.05, 0.1) is 11.1 Å². The Bertz CT molecular complexity index is 971. The summed E-state index contributed by atoms with van der Waals surface area (Å²) in [4.78, 5) is 12.8. The predicted octanol–water partition coefficient (Wildman–Crippen LogP) is 4.18. The number of carbonyl (C=O) groups is 1. The van der Waals surface area contributed by atoms with E-state index in [1.807, 2.05) is 18.2 Å². The highest BCUT2D eigenvalue weighted by molar-refractivity contribution is 7.89. The molecule has 0 fully saturated rings. The average molecular weight is 421 g/mol. The van der Waals surface area contributed by atoms with Gasteiger partial charge in [0.1, 0.15) is 4.90 Å². The molecule has 1 N–H and O–H groups in total. The first-order valence-electron chi connectivity index (χ1n) is 9.56. The van der Waals surface area contributed by atoms with Gasteiger partial charge in [-0.2, -0.15) is 4.31 Å². The third-order valence-electron chi connectivity index (χ3n) is 5.19. The van der Waals surface area contributed by atoms with Crippen molar-refractivity contribution in [3.8, 4) is 0 Å². The van der Waals surface area contributed by atoms with E-state index in [0.29, 0.717) is 13.1 Å². The normalized spacial score (nSPS) is 16.6. The largest absolute Gasteiger partial charge is 0.345 e. The monoisotopic (exact) mass is 420 g/mol. The van der Waals surface area contributed by atoms with Crippen molar-refractivity contribution in [1.82, 2.24) is 9.62 Å². The minimum Gasteiger partial charge on any atom is -0.345 e. The van der Waals surface area contributed by atoms with Crippen LogP contribution in [0.15, 0.2) is 47.4 Å². The summed E-state index contributed by atoms with van der Waals surface area (Å²) in [6.45, 7) is 4.22. The summed E-state index contributed by atoms with van der Waals surface area (Å²) in [5.74, 6) is -0.297. The number of benzene rings is 2. The van der Waals surface area contributed by atoms with Gasteiger partial charge in [-0.15, -0.1) is 0 Å². The molecule has 0 aromatic heterocycles. The van der Waals surface area contributed by atoms with Gasteiger partial charge in [0.15, 0.2) is 0 Å². The number of hydrogen-bond donors (Lipinski definition) is 1. The van der Waals surface area contributed by atoms with E-state index in [1.165, 1.54) is 22.0 Å². The molecule has 0 radical (unpaired) electrons. The van der Waals surface area contributed by atoms with Gasteiger partial charge < -0.3 is 5.32 Å². The number of hydrogen-bond acceptors (Lipinski definition) is 3. The lowest BCUT2D eigenvalue weighted by atomic mass is 9.87. The molecule has 1 atom stereocenters. The third-order valence-corrected chi connectivity index (χ3v) is 7.72. The molecular formula is C21H25ClN2O3S. The number of nitrogens with zero attached hydrogens (tertiary/aromatic N) is 1. The Morgan fingerprint density at radius 3 is 2.61 bits per heavy atom. The van der Waals surface area contributed by atoms with Crippen LogP contribution >= 0.6 is 11.6 Å². The van der Waals surface area contributed by atoms with Crippen molar-refractivity contribution in [2.24, 2.45) is 0 Å². The first-order chi connectivity index (χ1) is 13.4. The number of aryl methyl sites for hydroxylation is 1. The van der Waals surface area contributed by atoms with Crippen LogP contribution in [0.3, 0.4) is 0 Å². The second-order valence-electron chi connectivity index (χ2n) is 6.85. The maximum Gasteiger partial charge on any atom is 0.251 e. The Kier molecular flexibility index (Phi) is 6.43. The molecule has 2 aromatic carbocycles. The lowest BCUT2D eigenvalue weighted by Crippen LogP contribution is -2.32. The van der Waals surface area contributed by atoms with E-state index in [2.05, 4.69) is 11.4 Å². The summed E-state index contributed by atoms with van der Waals surface area (Å²) in [7, 11) is -3.75. The van der Waals surface area contributed by atoms with Crippen LogP contribution in [0.2, 0.25) is 5.02 Å². The molecule has 0 bridgehead atoms. The molecule has 2 aromatic rings. The van der Waals surface area contributed by atoms with E-state index in [1.54, 1.807) is 19.9 Å². The summed E-state index contributed by atoms with van der Waals surface area (Å²) in [5.41, 5.74) is 2.67. The Balaban J connectivity index is 1.88. The molecule has 3 rings (SSSR count). The molecule has 28 heavy (non-hydrogen) atoms. The van der Waals surface area contributed by atoms with Crippen molar-refractivity contribution in [2.45, 2.75) is 44.0 Å². The molecule has 0 spiro atoms. The van der Waals surface area contributed by atoms with E-state index in [4.69, 9.17) is 11.6 Å². The SMILES string of the molecule is CCN(CC)S(=O)(=O)c1cc(C(=O)N[C@H]2CCCc3ccccc32)ccc1Cl.